The molecular weight excluding hydrogens is 262 g/mol. The van der Waals surface area contributed by atoms with E-state index in [1.807, 2.05) is 42.5 Å². The Labute approximate surface area is 124 Å². The number of fused-ring (bicyclic) bond motifs is 1. The second-order valence-corrected chi connectivity index (χ2v) is 5.42. The van der Waals surface area contributed by atoms with Gasteiger partial charge in [-0.25, -0.2) is 4.79 Å². The van der Waals surface area contributed by atoms with Gasteiger partial charge in [-0.3, -0.25) is 4.90 Å². The molecule has 1 amide bonds. The van der Waals surface area contributed by atoms with Gasteiger partial charge in [0.05, 0.1) is 5.54 Å². The summed E-state index contributed by atoms with van der Waals surface area (Å²) in [7, 11) is 0. The summed E-state index contributed by atoms with van der Waals surface area (Å²) in [6.07, 6.45) is 0.646. The highest BCUT2D eigenvalue weighted by molar-refractivity contribution is 5.69. The Hall–Kier alpha value is -2.29. The molecule has 0 saturated carbocycles. The highest BCUT2D eigenvalue weighted by Gasteiger charge is 2.45. The molecule has 1 aliphatic rings. The molecule has 21 heavy (non-hydrogen) atoms. The summed E-state index contributed by atoms with van der Waals surface area (Å²) in [5, 5.41) is 9.72. The number of carbonyl (C=O) groups is 1. The van der Waals surface area contributed by atoms with Gasteiger partial charge in [0, 0.05) is 6.54 Å². The maximum absolute atomic E-state index is 11.8. The van der Waals surface area contributed by atoms with Crippen molar-refractivity contribution in [1.29, 1.82) is 0 Å². The molecule has 2 aromatic rings. The van der Waals surface area contributed by atoms with Gasteiger partial charge in [0.25, 0.3) is 0 Å². The molecule has 1 atom stereocenters. The summed E-state index contributed by atoms with van der Waals surface area (Å²) in [6, 6.07) is 18.2. The summed E-state index contributed by atoms with van der Waals surface area (Å²) in [6.45, 7) is 2.60. The van der Waals surface area contributed by atoms with Gasteiger partial charge in [0.2, 0.25) is 0 Å². The van der Waals surface area contributed by atoms with Crippen LogP contribution in [0.4, 0.5) is 4.79 Å². The standard InChI is InChI=1S/C18H19NO2/c1-2-18(15-9-4-3-5-10-15)16-11-7-6-8-14(16)12-13-19(18)17(20)21/h3-11H,2,12-13H2,1H3,(H,20,21)/t18-/m0/s1. The number of rotatable bonds is 2. The third kappa shape index (κ3) is 2.00. The number of carboxylic acid groups (broad SMARTS) is 1. The largest absolute Gasteiger partial charge is 0.465 e. The van der Waals surface area contributed by atoms with Gasteiger partial charge in [-0.15, -0.1) is 0 Å². The number of hydrogen-bond acceptors (Lipinski definition) is 1. The summed E-state index contributed by atoms with van der Waals surface area (Å²) < 4.78 is 0. The minimum Gasteiger partial charge on any atom is -0.465 e. The van der Waals surface area contributed by atoms with Crippen LogP contribution in [0.1, 0.15) is 30.0 Å². The molecule has 3 rings (SSSR count). The summed E-state index contributed by atoms with van der Waals surface area (Å²) in [4.78, 5) is 13.4. The van der Waals surface area contributed by atoms with Crippen LogP contribution in [-0.4, -0.2) is 22.6 Å². The molecule has 1 N–H and O–H groups in total. The molecule has 1 aliphatic heterocycles. The average molecular weight is 281 g/mol. The normalized spacial score (nSPS) is 20.9. The molecule has 0 aliphatic carbocycles. The van der Waals surface area contributed by atoms with Crippen LogP contribution in [0.5, 0.6) is 0 Å². The van der Waals surface area contributed by atoms with Crippen LogP contribution in [0.15, 0.2) is 54.6 Å². The monoisotopic (exact) mass is 281 g/mol. The maximum atomic E-state index is 11.8. The molecule has 1 heterocycles. The Kier molecular flexibility index (Phi) is 3.42. The van der Waals surface area contributed by atoms with Crippen LogP contribution in [-0.2, 0) is 12.0 Å². The van der Waals surface area contributed by atoms with Gasteiger partial charge < -0.3 is 5.11 Å². The van der Waals surface area contributed by atoms with E-state index in [0.717, 1.165) is 24.0 Å². The smallest absolute Gasteiger partial charge is 0.408 e. The SMILES string of the molecule is CC[C@]1(c2ccccc2)c2ccccc2CCN1C(=O)O. The minimum absolute atomic E-state index is 0.537. The van der Waals surface area contributed by atoms with Gasteiger partial charge in [-0.2, -0.15) is 0 Å². The Bertz CT molecular complexity index is 653. The summed E-state index contributed by atoms with van der Waals surface area (Å²) >= 11 is 0. The first-order chi connectivity index (χ1) is 10.2. The number of amides is 1. The molecule has 3 heteroatoms. The third-order valence-corrected chi connectivity index (χ3v) is 4.52. The number of benzene rings is 2. The van der Waals surface area contributed by atoms with Gasteiger partial charge in [0.15, 0.2) is 0 Å². The van der Waals surface area contributed by atoms with E-state index in [2.05, 4.69) is 19.1 Å². The first kappa shape index (κ1) is 13.7. The van der Waals surface area contributed by atoms with Crippen molar-refractivity contribution >= 4 is 6.09 Å². The number of hydrogen-bond donors (Lipinski definition) is 1. The predicted molar refractivity (Wildman–Crippen MR) is 82.4 cm³/mol. The average Bonchev–Trinajstić information content (AvgIpc) is 2.54. The van der Waals surface area contributed by atoms with E-state index in [1.54, 1.807) is 4.90 Å². The Morgan fingerprint density at radius 1 is 1.14 bits per heavy atom. The molecule has 0 fully saturated rings. The van der Waals surface area contributed by atoms with E-state index < -0.39 is 11.6 Å². The van der Waals surface area contributed by atoms with E-state index in [0.29, 0.717) is 6.54 Å². The van der Waals surface area contributed by atoms with Crippen LogP contribution in [0.3, 0.4) is 0 Å². The lowest BCUT2D eigenvalue weighted by atomic mass is 9.74. The van der Waals surface area contributed by atoms with E-state index >= 15 is 0 Å². The topological polar surface area (TPSA) is 40.5 Å². The molecule has 2 aromatic carbocycles. The first-order valence-electron chi connectivity index (χ1n) is 7.34. The third-order valence-electron chi connectivity index (χ3n) is 4.52. The lowest BCUT2D eigenvalue weighted by Gasteiger charge is -2.47. The van der Waals surface area contributed by atoms with Crippen molar-refractivity contribution in [2.75, 3.05) is 6.54 Å². The molecule has 0 bridgehead atoms. The summed E-state index contributed by atoms with van der Waals surface area (Å²) in [5.41, 5.74) is 2.83. The van der Waals surface area contributed by atoms with Crippen molar-refractivity contribution in [3.8, 4) is 0 Å². The fourth-order valence-corrected chi connectivity index (χ4v) is 3.58. The Morgan fingerprint density at radius 2 is 1.81 bits per heavy atom. The molecule has 0 unspecified atom stereocenters. The lowest BCUT2D eigenvalue weighted by Crippen LogP contribution is -2.53. The zero-order valence-corrected chi connectivity index (χ0v) is 12.1. The second kappa shape index (κ2) is 5.24. The van der Waals surface area contributed by atoms with Crippen molar-refractivity contribution in [2.45, 2.75) is 25.3 Å². The maximum Gasteiger partial charge on any atom is 0.408 e. The molecule has 0 spiro atoms. The highest BCUT2D eigenvalue weighted by Crippen LogP contribution is 2.43. The van der Waals surface area contributed by atoms with Gasteiger partial charge >= 0.3 is 6.09 Å². The minimum atomic E-state index is -0.852. The van der Waals surface area contributed by atoms with Gasteiger partial charge in [0.1, 0.15) is 0 Å². The van der Waals surface area contributed by atoms with Crippen LogP contribution in [0.25, 0.3) is 0 Å². The number of nitrogens with zero attached hydrogens (tertiary/aromatic N) is 1. The molecule has 0 aromatic heterocycles. The Morgan fingerprint density at radius 3 is 2.48 bits per heavy atom. The quantitative estimate of drug-likeness (QED) is 0.907. The molecule has 0 radical (unpaired) electrons. The highest BCUT2D eigenvalue weighted by atomic mass is 16.4. The summed E-state index contributed by atoms with van der Waals surface area (Å²) in [5.74, 6) is 0. The molecule has 0 saturated heterocycles. The van der Waals surface area contributed by atoms with Crippen LogP contribution in [0, 0.1) is 0 Å². The lowest BCUT2D eigenvalue weighted by molar-refractivity contribution is 0.0841. The van der Waals surface area contributed by atoms with Gasteiger partial charge in [-0.05, 0) is 29.5 Å². The van der Waals surface area contributed by atoms with Crippen molar-refractivity contribution in [3.63, 3.8) is 0 Å². The zero-order chi connectivity index (χ0) is 14.9. The van der Waals surface area contributed by atoms with E-state index in [1.165, 1.54) is 5.56 Å². The zero-order valence-electron chi connectivity index (χ0n) is 12.1. The van der Waals surface area contributed by atoms with Crippen molar-refractivity contribution in [1.82, 2.24) is 4.90 Å². The van der Waals surface area contributed by atoms with E-state index in [9.17, 15) is 9.90 Å². The molecular formula is C18H19NO2. The Balaban J connectivity index is 2.29. The van der Waals surface area contributed by atoms with Crippen molar-refractivity contribution in [3.05, 3.63) is 71.3 Å². The second-order valence-electron chi connectivity index (χ2n) is 5.42. The molecule has 108 valence electrons. The predicted octanol–water partition coefficient (Wildman–Crippen LogP) is 3.88. The fourth-order valence-electron chi connectivity index (χ4n) is 3.58. The van der Waals surface area contributed by atoms with E-state index in [4.69, 9.17) is 0 Å². The fraction of sp³-hybridized carbons (Fsp3) is 0.278. The molecule has 3 nitrogen and oxygen atoms in total. The van der Waals surface area contributed by atoms with Crippen molar-refractivity contribution < 1.29 is 9.90 Å². The van der Waals surface area contributed by atoms with Crippen molar-refractivity contribution in [2.24, 2.45) is 0 Å². The van der Waals surface area contributed by atoms with Gasteiger partial charge in [-0.1, -0.05) is 61.5 Å². The van der Waals surface area contributed by atoms with Crippen LogP contribution < -0.4 is 0 Å². The van der Waals surface area contributed by atoms with Crippen LogP contribution in [0.2, 0.25) is 0 Å². The first-order valence-corrected chi connectivity index (χ1v) is 7.34. The van der Waals surface area contributed by atoms with E-state index in [-0.39, 0.29) is 0 Å². The van der Waals surface area contributed by atoms with Crippen LogP contribution >= 0.6 is 0 Å².